The van der Waals surface area contributed by atoms with Crippen LogP contribution in [0.3, 0.4) is 0 Å². The summed E-state index contributed by atoms with van der Waals surface area (Å²) in [4.78, 5) is 45.8. The molecular formula is C26H25ClFN5O3. The fourth-order valence-electron chi connectivity index (χ4n) is 4.56. The number of nitrogens with zero attached hydrogens (tertiary/aromatic N) is 3. The van der Waals surface area contributed by atoms with Crippen molar-refractivity contribution in [2.24, 2.45) is 0 Å². The van der Waals surface area contributed by atoms with E-state index in [1.807, 2.05) is 0 Å². The summed E-state index contributed by atoms with van der Waals surface area (Å²) in [7, 11) is 0. The zero-order valence-corrected chi connectivity index (χ0v) is 20.4. The van der Waals surface area contributed by atoms with Crippen molar-refractivity contribution in [3.63, 3.8) is 0 Å². The summed E-state index contributed by atoms with van der Waals surface area (Å²) < 4.78 is 14.8. The molecule has 10 heteroatoms. The Bertz CT molecular complexity index is 1320. The van der Waals surface area contributed by atoms with Gasteiger partial charge in [0.05, 0.1) is 12.9 Å². The number of nitrogens with one attached hydrogen (secondary N) is 2. The molecule has 1 atom stereocenters. The first-order chi connectivity index (χ1) is 17.3. The third kappa shape index (κ3) is 4.58. The molecule has 1 unspecified atom stereocenters. The molecule has 2 N–H and O–H groups in total. The molecule has 0 spiro atoms. The maximum Gasteiger partial charge on any atom is 0.274 e. The van der Waals surface area contributed by atoms with Crippen LogP contribution >= 0.6 is 11.6 Å². The Labute approximate surface area is 212 Å². The monoisotopic (exact) mass is 509 g/mol. The molecule has 2 heterocycles. The predicted molar refractivity (Wildman–Crippen MR) is 131 cm³/mol. The Kier molecular flexibility index (Phi) is 6.26. The summed E-state index contributed by atoms with van der Waals surface area (Å²) in [6, 6.07) is 12.9. The van der Waals surface area contributed by atoms with Crippen LogP contribution in [0.25, 0.3) is 0 Å². The molecule has 0 radical (unpaired) electrons. The standard InChI is InChI=1S/C26H25ClFN5O3/c1-26(25(36)30-13-17-4-8-19(28)9-5-17)14-32-15-31-21(22(32)24(35)33(26)20-10-11-20)23(34)29-12-16-2-6-18(27)7-3-16/h2-9,15,20H,10-14H2,1H3,(H,29,34)(H,30,36). The van der Waals surface area contributed by atoms with Crippen LogP contribution < -0.4 is 10.6 Å². The van der Waals surface area contributed by atoms with Gasteiger partial charge in [0.25, 0.3) is 11.8 Å². The topological polar surface area (TPSA) is 96.3 Å². The summed E-state index contributed by atoms with van der Waals surface area (Å²) in [5.41, 5.74) is 0.657. The van der Waals surface area contributed by atoms with E-state index in [4.69, 9.17) is 11.6 Å². The van der Waals surface area contributed by atoms with E-state index in [-0.39, 0.29) is 48.8 Å². The lowest BCUT2D eigenvalue weighted by molar-refractivity contribution is -0.133. The van der Waals surface area contributed by atoms with E-state index in [0.717, 1.165) is 24.0 Å². The van der Waals surface area contributed by atoms with Gasteiger partial charge in [0, 0.05) is 24.2 Å². The number of carbonyl (C=O) groups excluding carboxylic acids is 3. The molecular weight excluding hydrogens is 485 g/mol. The second kappa shape index (κ2) is 9.39. The fraction of sp³-hybridized carbons (Fsp3) is 0.308. The Balaban J connectivity index is 1.35. The van der Waals surface area contributed by atoms with Gasteiger partial charge in [-0.3, -0.25) is 14.4 Å². The van der Waals surface area contributed by atoms with Gasteiger partial charge in [-0.05, 0) is 55.2 Å². The molecule has 3 aromatic rings. The average Bonchev–Trinajstić information content (AvgIpc) is 3.60. The van der Waals surface area contributed by atoms with Gasteiger partial charge in [-0.15, -0.1) is 0 Å². The van der Waals surface area contributed by atoms with Gasteiger partial charge in [0.1, 0.15) is 17.1 Å². The van der Waals surface area contributed by atoms with Crippen molar-refractivity contribution in [3.8, 4) is 0 Å². The molecule has 1 aliphatic carbocycles. The van der Waals surface area contributed by atoms with Crippen molar-refractivity contribution in [2.45, 2.75) is 51.0 Å². The molecule has 0 saturated heterocycles. The Morgan fingerprint density at radius 2 is 1.67 bits per heavy atom. The van der Waals surface area contributed by atoms with E-state index in [1.54, 1.807) is 52.8 Å². The van der Waals surface area contributed by atoms with Crippen LogP contribution in [-0.4, -0.2) is 43.8 Å². The predicted octanol–water partition coefficient (Wildman–Crippen LogP) is 3.30. The number of hydrogen-bond acceptors (Lipinski definition) is 4. The van der Waals surface area contributed by atoms with Crippen LogP contribution in [0.15, 0.2) is 54.9 Å². The molecule has 8 nitrogen and oxygen atoms in total. The van der Waals surface area contributed by atoms with E-state index in [2.05, 4.69) is 15.6 Å². The minimum atomic E-state index is -1.16. The van der Waals surface area contributed by atoms with Gasteiger partial charge in [-0.1, -0.05) is 35.9 Å². The first-order valence-electron chi connectivity index (χ1n) is 11.7. The molecule has 1 aromatic heterocycles. The number of imidazole rings is 1. The van der Waals surface area contributed by atoms with Crippen molar-refractivity contribution in [1.29, 1.82) is 0 Å². The number of halogens is 2. The zero-order chi connectivity index (χ0) is 25.4. The number of amides is 3. The lowest BCUT2D eigenvalue weighted by Gasteiger charge is -2.44. The fourth-order valence-corrected chi connectivity index (χ4v) is 4.69. The van der Waals surface area contributed by atoms with Gasteiger partial charge in [0.2, 0.25) is 5.91 Å². The van der Waals surface area contributed by atoms with E-state index < -0.39 is 17.4 Å². The molecule has 186 valence electrons. The number of carbonyl (C=O) groups is 3. The highest BCUT2D eigenvalue weighted by Crippen LogP contribution is 2.38. The maximum atomic E-state index is 13.7. The second-order valence-electron chi connectivity index (χ2n) is 9.37. The second-order valence-corrected chi connectivity index (χ2v) is 9.80. The number of hydrogen-bond donors (Lipinski definition) is 2. The lowest BCUT2D eigenvalue weighted by Crippen LogP contribution is -2.64. The van der Waals surface area contributed by atoms with Crippen LogP contribution in [0.1, 0.15) is 51.9 Å². The van der Waals surface area contributed by atoms with Crippen molar-refractivity contribution in [1.82, 2.24) is 25.1 Å². The van der Waals surface area contributed by atoms with E-state index >= 15 is 0 Å². The van der Waals surface area contributed by atoms with Crippen LogP contribution in [0.4, 0.5) is 4.39 Å². The Hall–Kier alpha value is -3.72. The van der Waals surface area contributed by atoms with Crippen LogP contribution in [0, 0.1) is 5.82 Å². The number of fused-ring (bicyclic) bond motifs is 1. The molecule has 1 aliphatic heterocycles. The Morgan fingerprint density at radius 1 is 1.06 bits per heavy atom. The highest BCUT2D eigenvalue weighted by Gasteiger charge is 2.53. The van der Waals surface area contributed by atoms with Crippen molar-refractivity contribution in [2.75, 3.05) is 0 Å². The third-order valence-corrected chi connectivity index (χ3v) is 6.87. The average molecular weight is 510 g/mol. The smallest absolute Gasteiger partial charge is 0.274 e. The van der Waals surface area contributed by atoms with Gasteiger partial charge < -0.3 is 20.1 Å². The van der Waals surface area contributed by atoms with Crippen LogP contribution in [0.5, 0.6) is 0 Å². The largest absolute Gasteiger partial charge is 0.350 e. The third-order valence-electron chi connectivity index (χ3n) is 6.62. The number of aromatic nitrogens is 2. The van der Waals surface area contributed by atoms with Crippen molar-refractivity contribution >= 4 is 29.3 Å². The lowest BCUT2D eigenvalue weighted by atomic mass is 9.93. The van der Waals surface area contributed by atoms with E-state index in [1.165, 1.54) is 18.5 Å². The van der Waals surface area contributed by atoms with E-state index in [9.17, 15) is 18.8 Å². The molecule has 2 aromatic carbocycles. The molecule has 5 rings (SSSR count). The Morgan fingerprint density at radius 3 is 2.31 bits per heavy atom. The minimum absolute atomic E-state index is 0.0355. The highest BCUT2D eigenvalue weighted by atomic mass is 35.5. The summed E-state index contributed by atoms with van der Waals surface area (Å²) in [6.07, 6.45) is 3.01. The van der Waals surface area contributed by atoms with Crippen LogP contribution in [0.2, 0.25) is 5.02 Å². The van der Waals surface area contributed by atoms with Gasteiger partial charge in [-0.25, -0.2) is 9.37 Å². The van der Waals surface area contributed by atoms with Crippen molar-refractivity contribution in [3.05, 3.63) is 88.2 Å². The quantitative estimate of drug-likeness (QED) is 0.511. The molecule has 3 amide bonds. The highest BCUT2D eigenvalue weighted by molar-refractivity contribution is 6.30. The van der Waals surface area contributed by atoms with E-state index in [0.29, 0.717) is 5.02 Å². The van der Waals surface area contributed by atoms with Gasteiger partial charge >= 0.3 is 0 Å². The normalized spacial score (nSPS) is 19.1. The number of benzene rings is 2. The van der Waals surface area contributed by atoms with Crippen LogP contribution in [-0.2, 0) is 24.4 Å². The first kappa shape index (κ1) is 24.0. The number of rotatable bonds is 7. The summed E-state index contributed by atoms with van der Waals surface area (Å²) in [5.74, 6) is -1.53. The molecule has 36 heavy (non-hydrogen) atoms. The minimum Gasteiger partial charge on any atom is -0.350 e. The molecule has 2 aliphatic rings. The molecule has 0 bridgehead atoms. The molecule has 1 fully saturated rings. The first-order valence-corrected chi connectivity index (χ1v) is 12.1. The molecule has 1 saturated carbocycles. The van der Waals surface area contributed by atoms with Gasteiger partial charge in [-0.2, -0.15) is 0 Å². The zero-order valence-electron chi connectivity index (χ0n) is 19.6. The SMILES string of the molecule is CC1(C(=O)NCc2ccc(F)cc2)Cn2cnc(C(=O)NCc3ccc(Cl)cc3)c2C(=O)N1C1CC1. The maximum absolute atomic E-state index is 13.7. The van der Waals surface area contributed by atoms with Gasteiger partial charge in [0.15, 0.2) is 5.69 Å². The van der Waals surface area contributed by atoms with Crippen molar-refractivity contribution < 1.29 is 18.8 Å². The summed E-state index contributed by atoms with van der Waals surface area (Å²) in [5, 5.41) is 6.29. The summed E-state index contributed by atoms with van der Waals surface area (Å²) in [6.45, 7) is 2.35. The summed E-state index contributed by atoms with van der Waals surface area (Å²) >= 11 is 5.91.